The van der Waals surface area contributed by atoms with Crippen LogP contribution in [0.2, 0.25) is 0 Å². The zero-order chi connectivity index (χ0) is 11.7. The van der Waals surface area contributed by atoms with Gasteiger partial charge < -0.3 is 5.11 Å². The van der Waals surface area contributed by atoms with Gasteiger partial charge in [0, 0.05) is 11.6 Å². The molecule has 1 heterocycles. The van der Waals surface area contributed by atoms with E-state index in [2.05, 4.69) is 0 Å². The molecule has 0 aliphatic heterocycles. The Kier molecular flexibility index (Phi) is 2.52. The van der Waals surface area contributed by atoms with Crippen molar-refractivity contribution in [3.8, 4) is 11.6 Å². The van der Waals surface area contributed by atoms with E-state index >= 15 is 0 Å². The molecule has 0 aliphatic rings. The van der Waals surface area contributed by atoms with Crippen LogP contribution in [0.3, 0.4) is 0 Å². The number of hydrogen-bond acceptors (Lipinski definition) is 2. The van der Waals surface area contributed by atoms with Crippen LogP contribution in [0.15, 0.2) is 41.2 Å². The van der Waals surface area contributed by atoms with Crippen molar-refractivity contribution >= 4 is 0 Å². The van der Waals surface area contributed by atoms with Crippen molar-refractivity contribution in [1.29, 1.82) is 0 Å². The molecule has 0 fully saturated rings. The first kappa shape index (κ1) is 10.5. The molecule has 3 nitrogen and oxygen atoms in total. The molecule has 1 aromatic carbocycles. The number of hydrogen-bond donors (Lipinski definition) is 1. The van der Waals surface area contributed by atoms with Crippen molar-refractivity contribution in [3.05, 3.63) is 57.9 Å². The molecule has 0 aliphatic carbocycles. The number of rotatable bonds is 1. The Bertz CT molecular complexity index is 570. The number of para-hydroxylation sites is 1. The second kappa shape index (κ2) is 3.85. The SMILES string of the molecule is Cc1cc(O)n(-c2ccccc2)c(=O)c1C. The van der Waals surface area contributed by atoms with Gasteiger partial charge in [-0.3, -0.25) is 4.79 Å². The first-order valence-corrected chi connectivity index (χ1v) is 5.09. The summed E-state index contributed by atoms with van der Waals surface area (Å²) in [6.45, 7) is 3.57. The molecule has 0 amide bonds. The third-order valence-corrected chi connectivity index (χ3v) is 2.70. The fourth-order valence-corrected chi connectivity index (χ4v) is 1.63. The van der Waals surface area contributed by atoms with Gasteiger partial charge in [0.2, 0.25) is 0 Å². The second-order valence-electron chi connectivity index (χ2n) is 3.79. The maximum absolute atomic E-state index is 12.0. The molecule has 16 heavy (non-hydrogen) atoms. The van der Waals surface area contributed by atoms with Gasteiger partial charge in [-0.05, 0) is 31.5 Å². The number of aromatic nitrogens is 1. The molecule has 0 radical (unpaired) electrons. The highest BCUT2D eigenvalue weighted by atomic mass is 16.3. The van der Waals surface area contributed by atoms with Crippen LogP contribution < -0.4 is 5.56 Å². The standard InChI is InChI=1S/C13H13NO2/c1-9-8-12(15)14(13(16)10(9)2)11-6-4-3-5-7-11/h3-8,15H,1-2H3. The van der Waals surface area contributed by atoms with Gasteiger partial charge in [0.05, 0.1) is 5.69 Å². The van der Waals surface area contributed by atoms with E-state index in [4.69, 9.17) is 0 Å². The Labute approximate surface area is 93.6 Å². The van der Waals surface area contributed by atoms with E-state index in [0.29, 0.717) is 11.3 Å². The number of benzene rings is 1. The minimum absolute atomic E-state index is 0.0284. The molecule has 0 spiro atoms. The molecular formula is C13H13NO2. The quantitative estimate of drug-likeness (QED) is 0.792. The smallest absolute Gasteiger partial charge is 0.261 e. The van der Waals surface area contributed by atoms with E-state index in [0.717, 1.165) is 5.56 Å². The van der Waals surface area contributed by atoms with E-state index in [-0.39, 0.29) is 11.4 Å². The third-order valence-electron chi connectivity index (χ3n) is 2.70. The van der Waals surface area contributed by atoms with E-state index in [1.54, 1.807) is 25.1 Å². The Morgan fingerprint density at radius 1 is 1.12 bits per heavy atom. The van der Waals surface area contributed by atoms with Crippen molar-refractivity contribution in [2.75, 3.05) is 0 Å². The van der Waals surface area contributed by atoms with Crippen LogP contribution in [-0.4, -0.2) is 9.67 Å². The molecule has 1 N–H and O–H groups in total. The fourth-order valence-electron chi connectivity index (χ4n) is 1.63. The number of nitrogens with zero attached hydrogens (tertiary/aromatic N) is 1. The average molecular weight is 215 g/mol. The Morgan fingerprint density at radius 2 is 1.75 bits per heavy atom. The molecule has 3 heteroatoms. The lowest BCUT2D eigenvalue weighted by Gasteiger charge is -2.10. The van der Waals surface area contributed by atoms with Gasteiger partial charge in [-0.25, -0.2) is 4.57 Å². The number of aromatic hydroxyl groups is 1. The molecule has 0 unspecified atom stereocenters. The summed E-state index contributed by atoms with van der Waals surface area (Å²) in [6, 6.07) is 10.7. The maximum Gasteiger partial charge on any atom is 0.261 e. The summed E-state index contributed by atoms with van der Waals surface area (Å²) in [5, 5.41) is 9.81. The lowest BCUT2D eigenvalue weighted by atomic mass is 10.1. The minimum Gasteiger partial charge on any atom is -0.494 e. The Morgan fingerprint density at radius 3 is 2.38 bits per heavy atom. The maximum atomic E-state index is 12.0. The topological polar surface area (TPSA) is 42.2 Å². The molecule has 82 valence electrons. The predicted octanol–water partition coefficient (Wildman–Crippen LogP) is 2.16. The summed E-state index contributed by atoms with van der Waals surface area (Å²) in [5.41, 5.74) is 1.95. The van der Waals surface area contributed by atoms with Gasteiger partial charge in [-0.2, -0.15) is 0 Å². The van der Waals surface area contributed by atoms with Gasteiger partial charge in [-0.1, -0.05) is 18.2 Å². The van der Waals surface area contributed by atoms with Gasteiger partial charge in [0.25, 0.3) is 5.56 Å². The lowest BCUT2D eigenvalue weighted by molar-refractivity contribution is 0.434. The van der Waals surface area contributed by atoms with Crippen LogP contribution in [-0.2, 0) is 0 Å². The highest BCUT2D eigenvalue weighted by Crippen LogP contribution is 2.16. The summed E-state index contributed by atoms with van der Waals surface area (Å²) < 4.78 is 1.31. The first-order valence-electron chi connectivity index (χ1n) is 5.09. The largest absolute Gasteiger partial charge is 0.494 e. The van der Waals surface area contributed by atoms with Crippen LogP contribution in [0.4, 0.5) is 0 Å². The van der Waals surface area contributed by atoms with Gasteiger partial charge in [-0.15, -0.1) is 0 Å². The van der Waals surface area contributed by atoms with Crippen LogP contribution in [0, 0.1) is 13.8 Å². The van der Waals surface area contributed by atoms with Gasteiger partial charge in [0.1, 0.15) is 0 Å². The summed E-state index contributed by atoms with van der Waals surface area (Å²) in [5.74, 6) is -0.0284. The van der Waals surface area contributed by atoms with Crippen LogP contribution in [0.1, 0.15) is 11.1 Å². The van der Waals surface area contributed by atoms with E-state index in [1.807, 2.05) is 25.1 Å². The van der Waals surface area contributed by atoms with E-state index in [9.17, 15) is 9.90 Å². The number of aryl methyl sites for hydroxylation is 1. The van der Waals surface area contributed by atoms with Crippen molar-refractivity contribution in [3.63, 3.8) is 0 Å². The van der Waals surface area contributed by atoms with E-state index in [1.165, 1.54) is 4.57 Å². The van der Waals surface area contributed by atoms with Crippen molar-refractivity contribution in [1.82, 2.24) is 4.57 Å². The normalized spacial score (nSPS) is 10.4. The van der Waals surface area contributed by atoms with Gasteiger partial charge in [0.15, 0.2) is 5.88 Å². The Hall–Kier alpha value is -2.03. The molecule has 2 aromatic rings. The van der Waals surface area contributed by atoms with Gasteiger partial charge >= 0.3 is 0 Å². The molecular weight excluding hydrogens is 202 g/mol. The zero-order valence-corrected chi connectivity index (χ0v) is 9.27. The van der Waals surface area contributed by atoms with Crippen LogP contribution >= 0.6 is 0 Å². The monoisotopic (exact) mass is 215 g/mol. The summed E-state index contributed by atoms with van der Waals surface area (Å²) in [4.78, 5) is 12.0. The highest BCUT2D eigenvalue weighted by molar-refractivity contribution is 5.39. The molecule has 0 bridgehead atoms. The minimum atomic E-state index is -0.177. The lowest BCUT2D eigenvalue weighted by Crippen LogP contribution is -2.21. The summed E-state index contributed by atoms with van der Waals surface area (Å²) in [7, 11) is 0. The predicted molar refractivity (Wildman–Crippen MR) is 63.2 cm³/mol. The molecule has 0 saturated heterocycles. The molecule has 1 aromatic heterocycles. The third kappa shape index (κ3) is 1.60. The second-order valence-corrected chi connectivity index (χ2v) is 3.79. The van der Waals surface area contributed by atoms with Crippen molar-refractivity contribution < 1.29 is 5.11 Å². The average Bonchev–Trinajstić information content (AvgIpc) is 2.28. The molecule has 0 saturated carbocycles. The summed E-state index contributed by atoms with van der Waals surface area (Å²) >= 11 is 0. The molecule has 2 rings (SSSR count). The summed E-state index contributed by atoms with van der Waals surface area (Å²) in [6.07, 6.45) is 0. The first-order chi connectivity index (χ1) is 7.61. The van der Waals surface area contributed by atoms with Crippen molar-refractivity contribution in [2.45, 2.75) is 13.8 Å². The van der Waals surface area contributed by atoms with Crippen LogP contribution in [0.25, 0.3) is 5.69 Å². The molecule has 0 atom stereocenters. The zero-order valence-electron chi connectivity index (χ0n) is 9.27. The van der Waals surface area contributed by atoms with E-state index < -0.39 is 0 Å². The highest BCUT2D eigenvalue weighted by Gasteiger charge is 2.09. The Balaban J connectivity index is 2.77. The van der Waals surface area contributed by atoms with Crippen LogP contribution in [0.5, 0.6) is 5.88 Å². The number of pyridine rings is 1. The van der Waals surface area contributed by atoms with Crippen molar-refractivity contribution in [2.24, 2.45) is 0 Å². The fraction of sp³-hybridized carbons (Fsp3) is 0.154.